The standard InChI is InChI=1S/C36H45N5O8S3/c1-21(2)28-20-50-34(38-28)27-17-31(26-13-14-30(48-4)22(3)32(26)37-27)49-24-16-29-33(42)39-36(35(43)40-52(46,47)25-11-12-25)18-23(36)10-8-6-5-7-9-15-51(44,45)41(29)19-24/h8,10,13-14,17,20-21,23-25,29H,5-7,9,11-12,15-16,18-19H2,1-4H3,(H,39,42)(H,40,43)/b10-8-/t23-,24?,29+,36-/m1/s1. The average molecular weight is 772 g/mol. The summed E-state index contributed by atoms with van der Waals surface area (Å²) < 4.78 is 68.9. The molecule has 3 fully saturated rings. The van der Waals surface area contributed by atoms with Gasteiger partial charge in [-0.15, -0.1) is 11.3 Å². The first-order valence-electron chi connectivity index (χ1n) is 17.9. The number of hydrogen-bond donors (Lipinski definition) is 2. The van der Waals surface area contributed by atoms with Crippen LogP contribution in [-0.2, 0) is 29.6 Å². The molecule has 4 aliphatic rings. The van der Waals surface area contributed by atoms with E-state index in [0.717, 1.165) is 17.7 Å². The van der Waals surface area contributed by atoms with Gasteiger partial charge in [-0.3, -0.25) is 14.3 Å². The summed E-state index contributed by atoms with van der Waals surface area (Å²) in [5, 5.41) is 5.62. The fraction of sp³-hybridized carbons (Fsp3) is 0.556. The van der Waals surface area contributed by atoms with Crippen molar-refractivity contribution in [2.75, 3.05) is 19.4 Å². The maximum atomic E-state index is 14.2. The second-order valence-corrected chi connectivity index (χ2v) is 19.5. The van der Waals surface area contributed by atoms with Gasteiger partial charge in [0.1, 0.15) is 39.9 Å². The monoisotopic (exact) mass is 771 g/mol. The zero-order valence-corrected chi connectivity index (χ0v) is 32.2. The van der Waals surface area contributed by atoms with E-state index in [1.165, 1.54) is 15.6 Å². The predicted molar refractivity (Wildman–Crippen MR) is 198 cm³/mol. The first kappa shape index (κ1) is 36.7. The zero-order chi connectivity index (χ0) is 37.0. The van der Waals surface area contributed by atoms with Crippen LogP contribution >= 0.6 is 11.3 Å². The molecule has 16 heteroatoms. The molecule has 1 saturated heterocycles. The van der Waals surface area contributed by atoms with Gasteiger partial charge in [0.2, 0.25) is 26.0 Å². The highest BCUT2D eigenvalue weighted by Crippen LogP contribution is 2.46. The van der Waals surface area contributed by atoms with Gasteiger partial charge in [-0.25, -0.2) is 26.8 Å². The molecule has 4 heterocycles. The molecule has 1 aromatic carbocycles. The van der Waals surface area contributed by atoms with E-state index in [1.807, 2.05) is 36.6 Å². The number of allylic oxidation sites excluding steroid dienone is 1. The van der Waals surface area contributed by atoms with Crippen LogP contribution in [0.4, 0.5) is 0 Å². The first-order chi connectivity index (χ1) is 24.7. The fourth-order valence-corrected chi connectivity index (χ4v) is 11.2. The first-order valence-corrected chi connectivity index (χ1v) is 21.9. The molecule has 0 bridgehead atoms. The Morgan fingerprint density at radius 1 is 1.15 bits per heavy atom. The number of pyridine rings is 1. The van der Waals surface area contributed by atoms with Crippen LogP contribution in [0.25, 0.3) is 21.6 Å². The Hall–Kier alpha value is -3.60. The van der Waals surface area contributed by atoms with Crippen LogP contribution in [0.15, 0.2) is 35.7 Å². The maximum absolute atomic E-state index is 14.2. The SMILES string of the molecule is COc1ccc2c(OC3C[C@H]4C(=O)N[C@]5(C(=O)NS(=O)(=O)C6CC6)C[C@H]5/C=C\CCCCCS(=O)(=O)N4C3)cc(-c3nc(C(C)C)cs3)nc2c1C. The number of aromatic nitrogens is 2. The third-order valence-corrected chi connectivity index (χ3v) is 15.1. The number of benzene rings is 1. The van der Waals surface area contributed by atoms with Gasteiger partial charge in [-0.1, -0.05) is 32.4 Å². The molecule has 52 heavy (non-hydrogen) atoms. The van der Waals surface area contributed by atoms with Crippen LogP contribution in [0.1, 0.15) is 82.4 Å². The molecule has 7 rings (SSSR count). The average Bonchev–Trinajstić information content (AvgIpc) is 3.96. The maximum Gasteiger partial charge on any atom is 0.259 e. The molecular weight excluding hydrogens is 727 g/mol. The number of ether oxygens (including phenoxy) is 2. The van der Waals surface area contributed by atoms with E-state index in [2.05, 4.69) is 23.9 Å². The molecule has 2 amide bonds. The molecule has 2 aromatic heterocycles. The van der Waals surface area contributed by atoms with E-state index in [9.17, 15) is 26.4 Å². The number of carbonyl (C=O) groups excluding carboxylic acids is 2. The van der Waals surface area contributed by atoms with Crippen molar-refractivity contribution in [3.8, 4) is 22.2 Å². The number of carbonyl (C=O) groups is 2. The van der Waals surface area contributed by atoms with Gasteiger partial charge in [0, 0.05) is 34.7 Å². The summed E-state index contributed by atoms with van der Waals surface area (Å²) in [7, 11) is -6.20. The van der Waals surface area contributed by atoms with E-state index >= 15 is 0 Å². The van der Waals surface area contributed by atoms with Crippen LogP contribution < -0.4 is 19.5 Å². The molecule has 2 saturated carbocycles. The minimum absolute atomic E-state index is 0.0205. The smallest absolute Gasteiger partial charge is 0.259 e. The van der Waals surface area contributed by atoms with Gasteiger partial charge in [0.05, 0.1) is 35.9 Å². The predicted octanol–water partition coefficient (Wildman–Crippen LogP) is 4.56. The largest absolute Gasteiger partial charge is 0.496 e. The molecular formula is C36H45N5O8S3. The number of methoxy groups -OCH3 is 1. The Kier molecular flexibility index (Phi) is 9.89. The van der Waals surface area contributed by atoms with Gasteiger partial charge in [0.25, 0.3) is 5.91 Å². The summed E-state index contributed by atoms with van der Waals surface area (Å²) in [5.41, 5.74) is 1.50. The van der Waals surface area contributed by atoms with Crippen molar-refractivity contribution in [3.63, 3.8) is 0 Å². The summed E-state index contributed by atoms with van der Waals surface area (Å²) in [6.07, 6.45) is 6.80. The van der Waals surface area contributed by atoms with Crippen molar-refractivity contribution < 1.29 is 35.9 Å². The second-order valence-electron chi connectivity index (χ2n) is 14.6. The lowest BCUT2D eigenvalue weighted by molar-refractivity contribution is -0.131. The van der Waals surface area contributed by atoms with Gasteiger partial charge >= 0.3 is 0 Å². The van der Waals surface area contributed by atoms with Gasteiger partial charge in [-0.2, -0.15) is 4.31 Å². The van der Waals surface area contributed by atoms with Crippen LogP contribution in [0, 0.1) is 12.8 Å². The number of aryl methyl sites for hydroxylation is 1. The number of hydrogen-bond acceptors (Lipinski definition) is 11. The second kappa shape index (κ2) is 14.0. The Morgan fingerprint density at radius 3 is 2.65 bits per heavy atom. The van der Waals surface area contributed by atoms with Gasteiger partial charge < -0.3 is 14.8 Å². The molecule has 0 radical (unpaired) electrons. The van der Waals surface area contributed by atoms with Crippen molar-refractivity contribution in [3.05, 3.63) is 47.0 Å². The van der Waals surface area contributed by atoms with Gasteiger partial charge in [0.15, 0.2) is 0 Å². The highest BCUT2D eigenvalue weighted by atomic mass is 32.2. The molecule has 4 atom stereocenters. The molecule has 2 aliphatic carbocycles. The summed E-state index contributed by atoms with van der Waals surface area (Å²) in [6, 6.07) is 4.31. The number of amides is 2. The quantitative estimate of drug-likeness (QED) is 0.309. The van der Waals surface area contributed by atoms with Crippen molar-refractivity contribution in [1.82, 2.24) is 24.3 Å². The minimum Gasteiger partial charge on any atom is -0.496 e. The third-order valence-electron chi connectivity index (χ3n) is 10.5. The highest BCUT2D eigenvalue weighted by molar-refractivity contribution is 7.91. The van der Waals surface area contributed by atoms with Crippen molar-refractivity contribution in [2.45, 2.75) is 101 Å². The lowest BCUT2D eigenvalue weighted by Gasteiger charge is -2.26. The topological polar surface area (TPSA) is 174 Å². The molecule has 2 N–H and O–H groups in total. The number of rotatable bonds is 8. The molecule has 0 spiro atoms. The van der Waals surface area contributed by atoms with Crippen LogP contribution in [0.5, 0.6) is 11.5 Å². The lowest BCUT2D eigenvalue weighted by atomic mass is 10.1. The molecule has 280 valence electrons. The van der Waals surface area contributed by atoms with Crippen LogP contribution in [0.3, 0.4) is 0 Å². The summed E-state index contributed by atoms with van der Waals surface area (Å²) >= 11 is 1.48. The van der Waals surface area contributed by atoms with E-state index in [4.69, 9.17) is 19.4 Å². The zero-order valence-electron chi connectivity index (χ0n) is 29.8. The molecule has 1 unspecified atom stereocenters. The van der Waals surface area contributed by atoms with Gasteiger partial charge in [-0.05, 0) is 63.5 Å². The van der Waals surface area contributed by atoms with E-state index in [1.54, 1.807) is 13.2 Å². The summed E-state index contributed by atoms with van der Waals surface area (Å²) in [4.78, 5) is 37.5. The normalized spacial score (nSPS) is 27.2. The van der Waals surface area contributed by atoms with E-state index < -0.39 is 60.7 Å². The van der Waals surface area contributed by atoms with Crippen molar-refractivity contribution >= 4 is 54.1 Å². The Balaban J connectivity index is 1.22. The van der Waals surface area contributed by atoms with Crippen LogP contribution in [-0.4, -0.2) is 85.3 Å². The molecule has 3 aromatic rings. The lowest BCUT2D eigenvalue weighted by Crippen LogP contribution is -2.56. The Bertz CT molecular complexity index is 2150. The fourth-order valence-electron chi connectivity index (χ4n) is 7.12. The third kappa shape index (κ3) is 7.18. The number of sulfonamides is 2. The Labute approximate surface area is 308 Å². The number of nitrogens with zero attached hydrogens (tertiary/aromatic N) is 3. The van der Waals surface area contributed by atoms with Crippen LogP contribution in [0.2, 0.25) is 0 Å². The summed E-state index contributed by atoms with van der Waals surface area (Å²) in [5.74, 6) is -0.660. The van der Waals surface area contributed by atoms with Crippen molar-refractivity contribution in [1.29, 1.82) is 0 Å². The molecule has 2 aliphatic heterocycles. The number of thiazole rings is 1. The number of fused-ring (bicyclic) bond motifs is 3. The van der Waals surface area contributed by atoms with Crippen molar-refractivity contribution in [2.24, 2.45) is 5.92 Å². The van der Waals surface area contributed by atoms with E-state index in [-0.39, 0.29) is 31.1 Å². The molecule has 13 nitrogen and oxygen atoms in total. The minimum atomic E-state index is -3.92. The number of nitrogens with one attached hydrogen (secondary N) is 2. The summed E-state index contributed by atoms with van der Waals surface area (Å²) in [6.45, 7) is 5.97. The Morgan fingerprint density at radius 2 is 1.94 bits per heavy atom. The van der Waals surface area contributed by atoms with E-state index in [0.29, 0.717) is 65.2 Å². The highest BCUT2D eigenvalue weighted by Gasteiger charge is 2.62.